The van der Waals surface area contributed by atoms with Crippen LogP contribution in [0.2, 0.25) is 5.02 Å². The molecule has 1 aromatic rings. The van der Waals surface area contributed by atoms with Crippen LogP contribution >= 0.6 is 23.2 Å². The van der Waals surface area contributed by atoms with E-state index in [0.29, 0.717) is 42.4 Å². The first kappa shape index (κ1) is 17.1. The second kappa shape index (κ2) is 8.39. The van der Waals surface area contributed by atoms with Gasteiger partial charge in [0.05, 0.1) is 0 Å². The zero-order valence-electron chi connectivity index (χ0n) is 12.4. The third-order valence-electron chi connectivity index (χ3n) is 3.78. The Balaban J connectivity index is 1.80. The Morgan fingerprint density at radius 3 is 2.41 bits per heavy atom. The number of carbonyl (C=O) groups is 2. The number of hydrogen-bond donors (Lipinski definition) is 1. The van der Waals surface area contributed by atoms with Crippen molar-refractivity contribution in [2.75, 3.05) is 19.0 Å². The van der Waals surface area contributed by atoms with Crippen LogP contribution in [0.5, 0.6) is 0 Å². The maximum absolute atomic E-state index is 12.4. The van der Waals surface area contributed by atoms with Gasteiger partial charge in [-0.2, -0.15) is 0 Å². The van der Waals surface area contributed by atoms with Crippen molar-refractivity contribution in [2.24, 2.45) is 0 Å². The number of rotatable bonds is 5. The molecule has 0 unspecified atom stereocenters. The molecule has 1 N–H and O–H groups in total. The number of nitrogens with one attached hydrogen (secondary N) is 1. The van der Waals surface area contributed by atoms with Gasteiger partial charge in [-0.25, -0.2) is 0 Å². The topological polar surface area (TPSA) is 49.4 Å². The second-order valence-electron chi connectivity index (χ2n) is 5.43. The van der Waals surface area contributed by atoms with Crippen molar-refractivity contribution < 1.29 is 9.59 Å². The minimum Gasteiger partial charge on any atom is -0.353 e. The summed E-state index contributed by atoms with van der Waals surface area (Å²) in [5.74, 6) is 0.563. The lowest BCUT2D eigenvalue weighted by Gasteiger charge is -2.32. The Hall–Kier alpha value is -1.26. The van der Waals surface area contributed by atoms with Gasteiger partial charge in [-0.3, -0.25) is 9.59 Å². The highest BCUT2D eigenvalue weighted by Gasteiger charge is 2.24. The maximum Gasteiger partial charge on any atom is 0.253 e. The third-order valence-corrected chi connectivity index (χ3v) is 4.30. The molecule has 1 aliphatic heterocycles. The van der Waals surface area contributed by atoms with Crippen LogP contribution in [0.15, 0.2) is 24.3 Å². The van der Waals surface area contributed by atoms with Crippen molar-refractivity contribution in [1.29, 1.82) is 0 Å². The first-order valence-electron chi connectivity index (χ1n) is 7.50. The molecule has 120 valence electrons. The number of halogens is 2. The number of alkyl halides is 1. The van der Waals surface area contributed by atoms with E-state index in [1.165, 1.54) is 0 Å². The summed E-state index contributed by atoms with van der Waals surface area (Å²) in [6.07, 6.45) is 2.73. The fourth-order valence-corrected chi connectivity index (χ4v) is 2.79. The molecule has 0 radical (unpaired) electrons. The summed E-state index contributed by atoms with van der Waals surface area (Å²) in [4.78, 5) is 25.9. The van der Waals surface area contributed by atoms with E-state index in [0.717, 1.165) is 12.8 Å². The standard InChI is InChI=1S/C16H20Cl2N2O2/c17-9-1-2-15(21)19-14-7-10-20(11-8-14)16(22)12-3-5-13(18)6-4-12/h3-6,14H,1-2,7-11H2,(H,19,21). The zero-order valence-corrected chi connectivity index (χ0v) is 13.9. The highest BCUT2D eigenvalue weighted by atomic mass is 35.5. The number of nitrogens with zero attached hydrogens (tertiary/aromatic N) is 1. The van der Waals surface area contributed by atoms with Gasteiger partial charge in [0.15, 0.2) is 0 Å². The Bertz CT molecular complexity index is 511. The minimum absolute atomic E-state index is 0.0172. The molecule has 1 aliphatic rings. The molecule has 0 aliphatic carbocycles. The zero-order chi connectivity index (χ0) is 15.9. The van der Waals surface area contributed by atoms with Gasteiger partial charge in [0, 0.05) is 42.0 Å². The summed E-state index contributed by atoms with van der Waals surface area (Å²) < 4.78 is 0. The number of benzene rings is 1. The molecule has 0 atom stereocenters. The van der Waals surface area contributed by atoms with Crippen LogP contribution in [0.4, 0.5) is 0 Å². The number of carbonyl (C=O) groups excluding carboxylic acids is 2. The molecule has 0 bridgehead atoms. The minimum atomic E-state index is 0.0172. The quantitative estimate of drug-likeness (QED) is 0.836. The van der Waals surface area contributed by atoms with E-state index in [1.807, 2.05) is 4.90 Å². The molecule has 6 heteroatoms. The third kappa shape index (κ3) is 4.89. The van der Waals surface area contributed by atoms with Gasteiger partial charge in [-0.05, 0) is 43.5 Å². The predicted molar refractivity (Wildman–Crippen MR) is 88.5 cm³/mol. The van der Waals surface area contributed by atoms with Gasteiger partial charge in [-0.1, -0.05) is 11.6 Å². The van der Waals surface area contributed by atoms with E-state index in [2.05, 4.69) is 5.32 Å². The Morgan fingerprint density at radius 2 is 1.82 bits per heavy atom. The van der Waals surface area contributed by atoms with Crippen LogP contribution in [0.3, 0.4) is 0 Å². The average Bonchev–Trinajstić information content (AvgIpc) is 2.54. The summed E-state index contributed by atoms with van der Waals surface area (Å²) >= 11 is 11.4. The van der Waals surface area contributed by atoms with Crippen LogP contribution < -0.4 is 5.32 Å². The van der Waals surface area contributed by atoms with E-state index in [9.17, 15) is 9.59 Å². The van der Waals surface area contributed by atoms with Gasteiger partial charge < -0.3 is 10.2 Å². The summed E-state index contributed by atoms with van der Waals surface area (Å²) in [6, 6.07) is 7.07. The van der Waals surface area contributed by atoms with Crippen molar-refractivity contribution >= 4 is 35.0 Å². The van der Waals surface area contributed by atoms with Crippen molar-refractivity contribution in [2.45, 2.75) is 31.7 Å². The van der Waals surface area contributed by atoms with Crippen LogP contribution in [0, 0.1) is 0 Å². The Kier molecular flexibility index (Phi) is 6.52. The molecular weight excluding hydrogens is 323 g/mol. The van der Waals surface area contributed by atoms with Crippen molar-refractivity contribution in [3.05, 3.63) is 34.9 Å². The highest BCUT2D eigenvalue weighted by molar-refractivity contribution is 6.30. The van der Waals surface area contributed by atoms with E-state index in [4.69, 9.17) is 23.2 Å². The van der Waals surface area contributed by atoms with Crippen LogP contribution in [-0.2, 0) is 4.79 Å². The van der Waals surface area contributed by atoms with Gasteiger partial charge in [-0.15, -0.1) is 11.6 Å². The Morgan fingerprint density at radius 1 is 1.18 bits per heavy atom. The lowest BCUT2D eigenvalue weighted by atomic mass is 10.0. The average molecular weight is 343 g/mol. The molecule has 0 spiro atoms. The first-order chi connectivity index (χ1) is 10.6. The predicted octanol–water partition coefficient (Wildman–Crippen LogP) is 3.08. The van der Waals surface area contributed by atoms with Crippen LogP contribution in [-0.4, -0.2) is 41.7 Å². The van der Waals surface area contributed by atoms with E-state index < -0.39 is 0 Å². The van der Waals surface area contributed by atoms with Crippen molar-refractivity contribution in [1.82, 2.24) is 10.2 Å². The molecule has 1 aromatic carbocycles. The van der Waals surface area contributed by atoms with Gasteiger partial charge in [0.2, 0.25) is 5.91 Å². The molecular formula is C16H20Cl2N2O2. The van der Waals surface area contributed by atoms with Gasteiger partial charge in [0.25, 0.3) is 5.91 Å². The second-order valence-corrected chi connectivity index (χ2v) is 6.25. The molecule has 2 rings (SSSR count). The largest absolute Gasteiger partial charge is 0.353 e. The SMILES string of the molecule is O=C(CCCCl)NC1CCN(C(=O)c2ccc(Cl)cc2)CC1. The number of piperidine rings is 1. The summed E-state index contributed by atoms with van der Waals surface area (Å²) in [6.45, 7) is 1.31. The summed E-state index contributed by atoms with van der Waals surface area (Å²) in [5, 5.41) is 3.63. The molecule has 22 heavy (non-hydrogen) atoms. The molecule has 4 nitrogen and oxygen atoms in total. The van der Waals surface area contributed by atoms with E-state index >= 15 is 0 Å². The molecule has 2 amide bonds. The van der Waals surface area contributed by atoms with Crippen molar-refractivity contribution in [3.63, 3.8) is 0 Å². The molecule has 1 saturated heterocycles. The molecule has 1 fully saturated rings. The fourth-order valence-electron chi connectivity index (χ4n) is 2.53. The fraction of sp³-hybridized carbons (Fsp3) is 0.500. The molecule has 0 aromatic heterocycles. The monoisotopic (exact) mass is 342 g/mol. The number of likely N-dealkylation sites (tertiary alicyclic amines) is 1. The Labute approximate surface area is 140 Å². The number of amides is 2. The first-order valence-corrected chi connectivity index (χ1v) is 8.41. The van der Waals surface area contributed by atoms with Crippen LogP contribution in [0.25, 0.3) is 0 Å². The molecule has 1 heterocycles. The van der Waals surface area contributed by atoms with Gasteiger partial charge >= 0.3 is 0 Å². The lowest BCUT2D eigenvalue weighted by Crippen LogP contribution is -2.46. The highest BCUT2D eigenvalue weighted by Crippen LogP contribution is 2.16. The summed E-state index contributed by atoms with van der Waals surface area (Å²) in [5.41, 5.74) is 0.647. The number of hydrogen-bond acceptors (Lipinski definition) is 2. The maximum atomic E-state index is 12.4. The summed E-state index contributed by atoms with van der Waals surface area (Å²) in [7, 11) is 0. The van der Waals surface area contributed by atoms with E-state index in [1.54, 1.807) is 24.3 Å². The lowest BCUT2D eigenvalue weighted by molar-refractivity contribution is -0.122. The van der Waals surface area contributed by atoms with Gasteiger partial charge in [0.1, 0.15) is 0 Å². The van der Waals surface area contributed by atoms with Crippen LogP contribution in [0.1, 0.15) is 36.0 Å². The normalized spacial score (nSPS) is 15.6. The molecule has 0 saturated carbocycles. The van der Waals surface area contributed by atoms with E-state index in [-0.39, 0.29) is 17.9 Å². The smallest absolute Gasteiger partial charge is 0.253 e. The van der Waals surface area contributed by atoms with Crippen molar-refractivity contribution in [3.8, 4) is 0 Å².